The van der Waals surface area contributed by atoms with Gasteiger partial charge in [0.2, 0.25) is 11.8 Å². The van der Waals surface area contributed by atoms with Crippen LogP contribution in [-0.4, -0.2) is 45.6 Å². The standard InChI is InChI=1S/C37H28Cl4N12O2S2/c38-22-3-7-26(28(40)12-22)32-48-34(44)52-36(50-32)56-16-30(54)46-24-5-1-18(20(10-24)14-42)9-19-2-6-25(11-21(19)15-43)47-31(55)17-57-37-51-33(49-35(45)53-37)27-8-4-23(39)13-29(27)41/h1-8,10-13,32-33H,9,16-17H2,(H,46,54)(H,47,55)(H3,44,48,50,52)(H3,45,49,51,53). The molecule has 0 fully saturated rings. The van der Waals surface area contributed by atoms with E-state index in [4.69, 9.17) is 57.9 Å². The van der Waals surface area contributed by atoms with Gasteiger partial charge in [0, 0.05) is 49.0 Å². The molecule has 0 bridgehead atoms. The molecule has 4 aromatic carbocycles. The Balaban J connectivity index is 1.03. The normalized spacial score (nSPS) is 16.0. The third kappa shape index (κ3) is 10.9. The molecule has 0 radical (unpaired) electrons. The topological polar surface area (TPSA) is 231 Å². The van der Waals surface area contributed by atoms with Gasteiger partial charge >= 0.3 is 0 Å². The predicted octanol–water partition coefficient (Wildman–Crippen LogP) is 6.92. The fourth-order valence-corrected chi connectivity index (χ4v) is 7.82. The van der Waals surface area contributed by atoms with E-state index in [0.717, 1.165) is 23.5 Å². The van der Waals surface area contributed by atoms with Crippen molar-refractivity contribution in [2.75, 3.05) is 22.1 Å². The summed E-state index contributed by atoms with van der Waals surface area (Å²) in [4.78, 5) is 43.3. The number of amides is 2. The molecule has 14 nitrogen and oxygen atoms in total. The van der Waals surface area contributed by atoms with Crippen LogP contribution >= 0.6 is 69.9 Å². The SMILES string of the molecule is N#Cc1cc(NC(=O)CSC2=NC(c3ccc(Cl)cc3Cl)N=C(N)N2)ccc1Cc1ccc(NC(=O)CSC2=NC(c3ccc(Cl)cc3Cl)N=C(N)N2)cc1C#N. The number of benzene rings is 4. The monoisotopic (exact) mass is 876 g/mol. The van der Waals surface area contributed by atoms with Crippen LogP contribution in [0.4, 0.5) is 11.4 Å². The molecule has 2 aliphatic rings. The van der Waals surface area contributed by atoms with E-state index in [0.29, 0.717) is 75.2 Å². The molecule has 8 N–H and O–H groups in total. The molecular formula is C37H28Cl4N12O2S2. The molecule has 2 atom stereocenters. The predicted molar refractivity (Wildman–Crippen MR) is 230 cm³/mol. The molecule has 0 aliphatic carbocycles. The maximum atomic E-state index is 12.9. The summed E-state index contributed by atoms with van der Waals surface area (Å²) in [5.41, 5.74) is 15.9. The fourth-order valence-electron chi connectivity index (χ4n) is 5.43. The van der Waals surface area contributed by atoms with Crippen molar-refractivity contribution in [3.8, 4) is 12.1 Å². The first-order chi connectivity index (χ1) is 27.4. The highest BCUT2D eigenvalue weighted by Crippen LogP contribution is 2.33. The summed E-state index contributed by atoms with van der Waals surface area (Å²) in [5.74, 6) is -0.501. The maximum Gasteiger partial charge on any atom is 0.234 e. The molecule has 2 heterocycles. The minimum absolute atomic E-state index is 0.0217. The number of thioether (sulfide) groups is 2. The summed E-state index contributed by atoms with van der Waals surface area (Å²) in [6.07, 6.45) is -1.16. The van der Waals surface area contributed by atoms with E-state index >= 15 is 0 Å². The molecule has 2 amide bonds. The van der Waals surface area contributed by atoms with E-state index in [1.165, 1.54) is 0 Å². The number of hydrogen-bond donors (Lipinski definition) is 6. The van der Waals surface area contributed by atoms with Crippen LogP contribution < -0.4 is 32.7 Å². The molecule has 288 valence electrons. The Bertz CT molecular complexity index is 2310. The quantitative estimate of drug-likeness (QED) is 0.0963. The smallest absolute Gasteiger partial charge is 0.234 e. The lowest BCUT2D eigenvalue weighted by Gasteiger charge is -2.19. The van der Waals surface area contributed by atoms with E-state index in [1.807, 2.05) is 0 Å². The van der Waals surface area contributed by atoms with Crippen LogP contribution in [0, 0.1) is 22.7 Å². The van der Waals surface area contributed by atoms with E-state index in [2.05, 4.69) is 53.4 Å². The highest BCUT2D eigenvalue weighted by atomic mass is 35.5. The molecule has 0 saturated carbocycles. The third-order valence-corrected chi connectivity index (χ3v) is 10.9. The summed E-state index contributed by atoms with van der Waals surface area (Å²) in [7, 11) is 0. The lowest BCUT2D eigenvalue weighted by molar-refractivity contribution is -0.114. The van der Waals surface area contributed by atoms with Gasteiger partial charge in [-0.25, -0.2) is 20.0 Å². The van der Waals surface area contributed by atoms with Crippen LogP contribution in [0.2, 0.25) is 20.1 Å². The molecular weight excluding hydrogens is 850 g/mol. The summed E-state index contributed by atoms with van der Waals surface area (Å²) >= 11 is 26.9. The van der Waals surface area contributed by atoms with E-state index in [9.17, 15) is 20.1 Å². The fraction of sp³-hybridized carbons (Fsp3) is 0.135. The number of guanidine groups is 2. The van der Waals surface area contributed by atoms with E-state index in [1.54, 1.807) is 72.8 Å². The number of amidine groups is 2. The Hall–Kier alpha value is -5.46. The molecule has 20 heteroatoms. The maximum absolute atomic E-state index is 12.9. The molecule has 0 spiro atoms. The van der Waals surface area contributed by atoms with Crippen LogP contribution in [0.1, 0.15) is 45.7 Å². The number of nitrogens with two attached hydrogens (primary N) is 2. The zero-order valence-corrected chi connectivity index (χ0v) is 33.8. The van der Waals surface area contributed by atoms with Crippen LogP contribution in [0.3, 0.4) is 0 Å². The summed E-state index contributed by atoms with van der Waals surface area (Å²) in [5, 5.41) is 33.6. The highest BCUT2D eigenvalue weighted by Gasteiger charge is 2.22. The summed E-state index contributed by atoms with van der Waals surface area (Å²) < 4.78 is 0. The molecule has 0 saturated heterocycles. The molecule has 2 unspecified atom stereocenters. The Morgan fingerprint density at radius 2 is 1.07 bits per heavy atom. The van der Waals surface area contributed by atoms with Crippen LogP contribution in [0.5, 0.6) is 0 Å². The van der Waals surface area contributed by atoms with Crippen LogP contribution in [0.25, 0.3) is 0 Å². The Morgan fingerprint density at radius 1 is 0.649 bits per heavy atom. The number of carbonyl (C=O) groups excluding carboxylic acids is 2. The number of halogens is 4. The number of hydrogen-bond acceptors (Lipinski definition) is 14. The van der Waals surface area contributed by atoms with Gasteiger partial charge in [0.1, 0.15) is 0 Å². The average molecular weight is 879 g/mol. The zero-order valence-electron chi connectivity index (χ0n) is 29.2. The number of nitrogens with zero attached hydrogens (tertiary/aromatic N) is 6. The van der Waals surface area contributed by atoms with E-state index < -0.39 is 12.3 Å². The van der Waals surface area contributed by atoms with Gasteiger partial charge in [-0.3, -0.25) is 9.59 Å². The van der Waals surface area contributed by atoms with Gasteiger partial charge in [0.15, 0.2) is 34.6 Å². The zero-order chi connectivity index (χ0) is 40.6. The van der Waals surface area contributed by atoms with Gasteiger partial charge < -0.3 is 32.7 Å². The second-order valence-corrected chi connectivity index (χ2v) is 15.7. The first kappa shape index (κ1) is 41.2. The molecule has 2 aliphatic heterocycles. The number of aliphatic imine (C=N–C) groups is 4. The van der Waals surface area contributed by atoms with Crippen molar-refractivity contribution in [3.63, 3.8) is 0 Å². The van der Waals surface area contributed by atoms with Crippen molar-refractivity contribution in [2.45, 2.75) is 18.8 Å². The van der Waals surface area contributed by atoms with Crippen molar-refractivity contribution >= 4 is 115 Å². The third-order valence-electron chi connectivity index (χ3n) is 8.04. The number of nitriles is 2. The second-order valence-electron chi connectivity index (χ2n) is 12.0. The lowest BCUT2D eigenvalue weighted by atomic mass is 9.96. The van der Waals surface area contributed by atoms with Gasteiger partial charge in [0.25, 0.3) is 0 Å². The van der Waals surface area contributed by atoms with Crippen LogP contribution in [0.15, 0.2) is 92.8 Å². The second kappa shape index (κ2) is 18.7. The van der Waals surface area contributed by atoms with Crippen molar-refractivity contribution in [1.82, 2.24) is 10.6 Å². The van der Waals surface area contributed by atoms with Crippen molar-refractivity contribution in [2.24, 2.45) is 31.4 Å². The number of carbonyl (C=O) groups is 2. The van der Waals surface area contributed by atoms with Crippen molar-refractivity contribution < 1.29 is 9.59 Å². The molecule has 57 heavy (non-hydrogen) atoms. The average Bonchev–Trinajstić information content (AvgIpc) is 3.17. The molecule has 6 rings (SSSR count). The van der Waals surface area contributed by atoms with Gasteiger partial charge in [-0.2, -0.15) is 10.5 Å². The van der Waals surface area contributed by atoms with Gasteiger partial charge in [-0.05, 0) is 59.7 Å². The minimum atomic E-state index is -0.707. The molecule has 4 aromatic rings. The van der Waals surface area contributed by atoms with E-state index in [-0.39, 0.29) is 41.7 Å². The first-order valence-electron chi connectivity index (χ1n) is 16.5. The lowest BCUT2D eigenvalue weighted by Crippen LogP contribution is -2.39. The Kier molecular flexibility index (Phi) is 13.5. The Morgan fingerprint density at radius 3 is 1.46 bits per heavy atom. The largest absolute Gasteiger partial charge is 0.370 e. The Labute approximate surface area is 354 Å². The van der Waals surface area contributed by atoms with Crippen molar-refractivity contribution in [1.29, 1.82) is 10.5 Å². The molecule has 0 aromatic heterocycles. The van der Waals surface area contributed by atoms with Gasteiger partial charge in [0.05, 0.1) is 34.8 Å². The van der Waals surface area contributed by atoms with Gasteiger partial charge in [-0.1, -0.05) is 94.2 Å². The number of anilines is 2. The van der Waals surface area contributed by atoms with Crippen LogP contribution in [-0.2, 0) is 16.0 Å². The minimum Gasteiger partial charge on any atom is -0.370 e. The summed E-state index contributed by atoms with van der Waals surface area (Å²) in [6, 6.07) is 24.2. The number of rotatable bonds is 10. The summed E-state index contributed by atoms with van der Waals surface area (Å²) in [6.45, 7) is 0. The van der Waals surface area contributed by atoms with Gasteiger partial charge in [-0.15, -0.1) is 0 Å². The van der Waals surface area contributed by atoms with Crippen molar-refractivity contribution in [3.05, 3.63) is 126 Å². The first-order valence-corrected chi connectivity index (χ1v) is 20.0. The number of nitrogens with one attached hydrogen (secondary N) is 4. The highest BCUT2D eigenvalue weighted by molar-refractivity contribution is 8.14.